The zero-order valence-corrected chi connectivity index (χ0v) is 11.5. The fourth-order valence-electron chi connectivity index (χ4n) is 2.47. The van der Waals surface area contributed by atoms with Crippen molar-refractivity contribution < 1.29 is 9.90 Å². The lowest BCUT2D eigenvalue weighted by Gasteiger charge is -2.17. The summed E-state index contributed by atoms with van der Waals surface area (Å²) in [5, 5.41) is 19.4. The molecule has 1 aliphatic rings. The van der Waals surface area contributed by atoms with Crippen LogP contribution in [-0.2, 0) is 19.4 Å². The van der Waals surface area contributed by atoms with E-state index in [0.717, 1.165) is 24.4 Å². The number of carbonyl (C=O) groups is 1. The van der Waals surface area contributed by atoms with Gasteiger partial charge in [-0.1, -0.05) is 5.21 Å². The van der Waals surface area contributed by atoms with Crippen LogP contribution in [0.3, 0.4) is 0 Å². The van der Waals surface area contributed by atoms with E-state index in [1.807, 2.05) is 0 Å². The minimum absolute atomic E-state index is 0.0468. The molecule has 0 saturated carbocycles. The molecule has 0 spiro atoms. The fraction of sp³-hybridized carbons (Fsp3) is 0.462. The Morgan fingerprint density at radius 2 is 2.19 bits per heavy atom. The molecular formula is C13H16N6O2. The molecule has 2 aromatic heterocycles. The number of carboxylic acid groups (broad SMARTS) is 1. The van der Waals surface area contributed by atoms with Crippen LogP contribution in [0.2, 0.25) is 0 Å². The van der Waals surface area contributed by atoms with Gasteiger partial charge in [0, 0.05) is 17.8 Å². The third kappa shape index (κ3) is 2.99. The average Bonchev–Trinajstić information content (AvgIpc) is 2.97. The Kier molecular flexibility index (Phi) is 3.76. The van der Waals surface area contributed by atoms with Gasteiger partial charge in [-0.15, -0.1) is 5.10 Å². The Bertz CT molecular complexity index is 654. The van der Waals surface area contributed by atoms with Gasteiger partial charge in [-0.05, 0) is 25.7 Å². The maximum atomic E-state index is 10.7. The van der Waals surface area contributed by atoms with E-state index < -0.39 is 5.97 Å². The quantitative estimate of drug-likeness (QED) is 0.836. The largest absolute Gasteiger partial charge is 0.476 e. The summed E-state index contributed by atoms with van der Waals surface area (Å²) in [7, 11) is 0. The molecule has 0 bridgehead atoms. The van der Waals surface area contributed by atoms with E-state index in [9.17, 15) is 4.79 Å². The molecule has 110 valence electrons. The summed E-state index contributed by atoms with van der Waals surface area (Å²) >= 11 is 0. The third-order valence-electron chi connectivity index (χ3n) is 3.52. The van der Waals surface area contributed by atoms with Crippen molar-refractivity contribution in [1.29, 1.82) is 0 Å². The van der Waals surface area contributed by atoms with E-state index in [1.54, 1.807) is 6.33 Å². The van der Waals surface area contributed by atoms with Crippen LogP contribution >= 0.6 is 0 Å². The van der Waals surface area contributed by atoms with Crippen LogP contribution in [-0.4, -0.2) is 42.6 Å². The second-order valence-electron chi connectivity index (χ2n) is 4.95. The van der Waals surface area contributed by atoms with E-state index >= 15 is 0 Å². The summed E-state index contributed by atoms with van der Waals surface area (Å²) in [4.78, 5) is 19.3. The number of aromatic carboxylic acids is 1. The number of hydrogen-bond donors (Lipinski definition) is 2. The van der Waals surface area contributed by atoms with Gasteiger partial charge in [-0.3, -0.25) is 0 Å². The predicted octanol–water partition coefficient (Wildman–Crippen LogP) is 0.757. The van der Waals surface area contributed by atoms with Gasteiger partial charge in [0.15, 0.2) is 5.69 Å². The standard InChI is InChI=1S/C13H16N6O2/c20-13(21)11-7-19(18-17-11)6-5-14-12-9-3-1-2-4-10(9)15-8-16-12/h7-8H,1-6H2,(H,20,21)(H,14,15,16). The van der Waals surface area contributed by atoms with E-state index in [1.165, 1.54) is 29.3 Å². The molecule has 2 aromatic rings. The van der Waals surface area contributed by atoms with Gasteiger partial charge < -0.3 is 10.4 Å². The first-order chi connectivity index (χ1) is 10.2. The van der Waals surface area contributed by atoms with E-state index in [0.29, 0.717) is 13.1 Å². The minimum Gasteiger partial charge on any atom is -0.476 e. The summed E-state index contributed by atoms with van der Waals surface area (Å²) in [5.41, 5.74) is 2.29. The molecule has 8 nitrogen and oxygen atoms in total. The molecule has 0 aliphatic heterocycles. The van der Waals surface area contributed by atoms with Crippen LogP contribution in [0.5, 0.6) is 0 Å². The number of rotatable bonds is 5. The van der Waals surface area contributed by atoms with E-state index in [2.05, 4.69) is 25.6 Å². The molecule has 2 heterocycles. The smallest absolute Gasteiger partial charge is 0.358 e. The van der Waals surface area contributed by atoms with Crippen LogP contribution in [0.25, 0.3) is 0 Å². The molecule has 0 atom stereocenters. The van der Waals surface area contributed by atoms with Gasteiger partial charge in [0.1, 0.15) is 12.1 Å². The van der Waals surface area contributed by atoms with Gasteiger partial charge in [0.05, 0.1) is 12.7 Å². The molecule has 8 heteroatoms. The number of nitrogens with one attached hydrogen (secondary N) is 1. The van der Waals surface area contributed by atoms with Crippen molar-refractivity contribution in [3.63, 3.8) is 0 Å². The highest BCUT2D eigenvalue weighted by Gasteiger charge is 2.15. The Morgan fingerprint density at radius 3 is 3.00 bits per heavy atom. The van der Waals surface area contributed by atoms with Crippen molar-refractivity contribution in [1.82, 2.24) is 25.0 Å². The van der Waals surface area contributed by atoms with E-state index in [4.69, 9.17) is 5.11 Å². The maximum absolute atomic E-state index is 10.7. The zero-order valence-electron chi connectivity index (χ0n) is 11.5. The zero-order chi connectivity index (χ0) is 14.7. The van der Waals surface area contributed by atoms with Crippen molar-refractivity contribution in [3.8, 4) is 0 Å². The molecule has 2 N–H and O–H groups in total. The SMILES string of the molecule is O=C(O)c1cn(CCNc2ncnc3c2CCCC3)nn1. The Labute approximate surface area is 121 Å². The summed E-state index contributed by atoms with van der Waals surface area (Å²) in [6, 6.07) is 0. The molecule has 3 rings (SSSR count). The van der Waals surface area contributed by atoms with Crippen LogP contribution in [0.15, 0.2) is 12.5 Å². The molecule has 0 amide bonds. The Hall–Kier alpha value is -2.51. The minimum atomic E-state index is -1.07. The fourth-order valence-corrected chi connectivity index (χ4v) is 2.47. The Morgan fingerprint density at radius 1 is 1.33 bits per heavy atom. The molecule has 0 saturated heterocycles. The highest BCUT2D eigenvalue weighted by molar-refractivity contribution is 5.84. The average molecular weight is 288 g/mol. The van der Waals surface area contributed by atoms with Crippen LogP contribution < -0.4 is 5.32 Å². The van der Waals surface area contributed by atoms with Crippen LogP contribution in [0.1, 0.15) is 34.6 Å². The normalized spacial score (nSPS) is 13.7. The van der Waals surface area contributed by atoms with Crippen molar-refractivity contribution in [2.75, 3.05) is 11.9 Å². The molecule has 1 aliphatic carbocycles. The number of aryl methyl sites for hydroxylation is 1. The van der Waals surface area contributed by atoms with Crippen LogP contribution in [0.4, 0.5) is 5.82 Å². The molecule has 0 aromatic carbocycles. The number of carboxylic acids is 1. The van der Waals surface area contributed by atoms with Crippen LogP contribution in [0, 0.1) is 0 Å². The number of aromatic nitrogens is 5. The Balaban J connectivity index is 1.61. The number of fused-ring (bicyclic) bond motifs is 1. The highest BCUT2D eigenvalue weighted by atomic mass is 16.4. The first kappa shape index (κ1) is 13.5. The molecule has 21 heavy (non-hydrogen) atoms. The molecular weight excluding hydrogens is 272 g/mol. The lowest BCUT2D eigenvalue weighted by Crippen LogP contribution is -2.16. The number of hydrogen-bond acceptors (Lipinski definition) is 6. The van der Waals surface area contributed by atoms with Gasteiger partial charge in [0.25, 0.3) is 0 Å². The van der Waals surface area contributed by atoms with Gasteiger partial charge in [-0.2, -0.15) is 0 Å². The topological polar surface area (TPSA) is 106 Å². The molecule has 0 fully saturated rings. The second kappa shape index (κ2) is 5.86. The summed E-state index contributed by atoms with van der Waals surface area (Å²) < 4.78 is 1.50. The van der Waals surface area contributed by atoms with Crippen molar-refractivity contribution >= 4 is 11.8 Å². The number of nitrogens with zero attached hydrogens (tertiary/aromatic N) is 5. The monoisotopic (exact) mass is 288 g/mol. The van der Waals surface area contributed by atoms with E-state index in [-0.39, 0.29) is 5.69 Å². The lowest BCUT2D eigenvalue weighted by molar-refractivity contribution is 0.0690. The molecule has 0 radical (unpaired) electrons. The first-order valence-corrected chi connectivity index (χ1v) is 6.94. The van der Waals surface area contributed by atoms with Crippen molar-refractivity contribution in [2.45, 2.75) is 32.2 Å². The van der Waals surface area contributed by atoms with Gasteiger partial charge >= 0.3 is 5.97 Å². The summed E-state index contributed by atoms with van der Waals surface area (Å²) in [5.74, 6) is -0.197. The maximum Gasteiger partial charge on any atom is 0.358 e. The summed E-state index contributed by atoms with van der Waals surface area (Å²) in [6.45, 7) is 1.13. The highest BCUT2D eigenvalue weighted by Crippen LogP contribution is 2.24. The van der Waals surface area contributed by atoms with Gasteiger partial charge in [-0.25, -0.2) is 19.4 Å². The van der Waals surface area contributed by atoms with Crippen molar-refractivity contribution in [3.05, 3.63) is 29.5 Å². The summed E-state index contributed by atoms with van der Waals surface area (Å²) in [6.07, 6.45) is 7.37. The lowest BCUT2D eigenvalue weighted by atomic mass is 9.96. The second-order valence-corrected chi connectivity index (χ2v) is 4.95. The van der Waals surface area contributed by atoms with Crippen molar-refractivity contribution in [2.24, 2.45) is 0 Å². The van der Waals surface area contributed by atoms with Gasteiger partial charge in [0.2, 0.25) is 0 Å². The number of anilines is 1. The first-order valence-electron chi connectivity index (χ1n) is 6.94. The molecule has 0 unspecified atom stereocenters. The predicted molar refractivity (Wildman–Crippen MR) is 74.1 cm³/mol. The third-order valence-corrected chi connectivity index (χ3v) is 3.52.